The van der Waals surface area contributed by atoms with E-state index in [0.29, 0.717) is 12.5 Å². The first-order valence-corrected chi connectivity index (χ1v) is 6.60. The molecular weight excluding hydrogens is 242 g/mol. The maximum atomic E-state index is 10.7. The Hall–Kier alpha value is -1.55. The van der Waals surface area contributed by atoms with E-state index in [-0.39, 0.29) is 12.3 Å². The van der Waals surface area contributed by atoms with E-state index < -0.39 is 5.97 Å². The molecule has 0 amide bonds. The molecule has 1 aromatic rings. The largest absolute Gasteiger partial charge is 0.496 e. The lowest BCUT2D eigenvalue weighted by Crippen LogP contribution is -2.21. The molecule has 0 aliphatic carbocycles. The van der Waals surface area contributed by atoms with Crippen LogP contribution in [0.4, 0.5) is 0 Å². The number of nitrogens with two attached hydrogens (primary N) is 1. The third-order valence-electron chi connectivity index (χ3n) is 3.29. The minimum atomic E-state index is -0.778. The summed E-state index contributed by atoms with van der Waals surface area (Å²) in [6, 6.07) is 7.92. The van der Waals surface area contributed by atoms with Gasteiger partial charge < -0.3 is 15.6 Å². The van der Waals surface area contributed by atoms with Gasteiger partial charge in [-0.2, -0.15) is 0 Å². The molecule has 0 heterocycles. The van der Waals surface area contributed by atoms with Gasteiger partial charge in [0.05, 0.1) is 7.11 Å². The van der Waals surface area contributed by atoms with Crippen molar-refractivity contribution in [3.63, 3.8) is 0 Å². The molecule has 0 saturated heterocycles. The van der Waals surface area contributed by atoms with Crippen LogP contribution in [0.5, 0.6) is 5.75 Å². The van der Waals surface area contributed by atoms with Gasteiger partial charge in [-0.1, -0.05) is 25.1 Å². The third kappa shape index (κ3) is 5.30. The van der Waals surface area contributed by atoms with E-state index in [1.165, 1.54) is 0 Å². The highest BCUT2D eigenvalue weighted by atomic mass is 16.5. The maximum Gasteiger partial charge on any atom is 0.303 e. The summed E-state index contributed by atoms with van der Waals surface area (Å²) in [6.45, 7) is 2.54. The van der Waals surface area contributed by atoms with Crippen molar-refractivity contribution in [2.75, 3.05) is 13.7 Å². The van der Waals surface area contributed by atoms with Crippen molar-refractivity contribution in [2.45, 2.75) is 26.2 Å². The van der Waals surface area contributed by atoms with Crippen LogP contribution in [0.1, 0.15) is 25.3 Å². The molecule has 1 aromatic carbocycles. The number of para-hydroxylation sites is 1. The Bertz CT molecular complexity index is 406. The summed E-state index contributed by atoms with van der Waals surface area (Å²) in [5.41, 5.74) is 6.79. The van der Waals surface area contributed by atoms with Crippen LogP contribution >= 0.6 is 0 Å². The van der Waals surface area contributed by atoms with Gasteiger partial charge in [0.2, 0.25) is 0 Å². The summed E-state index contributed by atoms with van der Waals surface area (Å²) in [4.78, 5) is 10.7. The molecule has 0 radical (unpaired) electrons. The van der Waals surface area contributed by atoms with E-state index >= 15 is 0 Å². The number of aliphatic carboxylic acids is 1. The van der Waals surface area contributed by atoms with Crippen molar-refractivity contribution < 1.29 is 14.6 Å². The topological polar surface area (TPSA) is 72.5 Å². The first kappa shape index (κ1) is 15.5. The van der Waals surface area contributed by atoms with Crippen molar-refractivity contribution in [2.24, 2.45) is 17.6 Å². The Morgan fingerprint density at radius 2 is 2.11 bits per heavy atom. The van der Waals surface area contributed by atoms with Crippen molar-refractivity contribution in [3.8, 4) is 5.75 Å². The molecule has 0 aromatic heterocycles. The number of carbonyl (C=O) groups is 1. The SMILES string of the molecule is COc1ccccc1C[C@@H](C)C[C@H](CN)CC(=O)O. The van der Waals surface area contributed by atoms with Crippen LogP contribution in [-0.4, -0.2) is 24.7 Å². The van der Waals surface area contributed by atoms with Gasteiger partial charge in [-0.15, -0.1) is 0 Å². The predicted molar refractivity (Wildman–Crippen MR) is 75.3 cm³/mol. The van der Waals surface area contributed by atoms with Crippen LogP contribution in [0.15, 0.2) is 24.3 Å². The lowest BCUT2D eigenvalue weighted by atomic mass is 9.89. The van der Waals surface area contributed by atoms with Crippen molar-refractivity contribution in [1.29, 1.82) is 0 Å². The summed E-state index contributed by atoms with van der Waals surface area (Å²) < 4.78 is 5.32. The zero-order valence-corrected chi connectivity index (χ0v) is 11.6. The number of methoxy groups -OCH3 is 1. The summed E-state index contributed by atoms with van der Waals surface area (Å²) in [7, 11) is 1.66. The lowest BCUT2D eigenvalue weighted by Gasteiger charge is -2.19. The van der Waals surface area contributed by atoms with E-state index in [4.69, 9.17) is 15.6 Å². The van der Waals surface area contributed by atoms with Crippen LogP contribution in [0.3, 0.4) is 0 Å². The second kappa shape index (κ2) is 7.79. The highest BCUT2D eigenvalue weighted by molar-refractivity contribution is 5.67. The van der Waals surface area contributed by atoms with E-state index in [9.17, 15) is 4.79 Å². The highest BCUT2D eigenvalue weighted by Crippen LogP contribution is 2.24. The highest BCUT2D eigenvalue weighted by Gasteiger charge is 2.16. The van der Waals surface area contributed by atoms with Gasteiger partial charge in [-0.25, -0.2) is 0 Å². The zero-order valence-electron chi connectivity index (χ0n) is 11.6. The molecule has 2 atom stereocenters. The summed E-state index contributed by atoms with van der Waals surface area (Å²) in [5.74, 6) is 0.531. The first-order valence-electron chi connectivity index (χ1n) is 6.60. The van der Waals surface area contributed by atoms with Crippen LogP contribution in [0, 0.1) is 11.8 Å². The van der Waals surface area contributed by atoms with Crippen molar-refractivity contribution >= 4 is 5.97 Å². The average molecular weight is 265 g/mol. The van der Waals surface area contributed by atoms with Gasteiger partial charge in [0.25, 0.3) is 0 Å². The van der Waals surface area contributed by atoms with Crippen molar-refractivity contribution in [3.05, 3.63) is 29.8 Å². The molecule has 106 valence electrons. The molecule has 4 nitrogen and oxygen atoms in total. The molecule has 0 unspecified atom stereocenters. The van der Waals surface area contributed by atoms with Gasteiger partial charge in [-0.3, -0.25) is 4.79 Å². The monoisotopic (exact) mass is 265 g/mol. The zero-order chi connectivity index (χ0) is 14.3. The molecule has 1 rings (SSSR count). The Morgan fingerprint density at radius 3 is 2.68 bits per heavy atom. The van der Waals surface area contributed by atoms with E-state index in [0.717, 1.165) is 24.2 Å². The standard InChI is InChI=1S/C15H23NO3/c1-11(7-12(10-16)9-15(17)18)8-13-5-3-4-6-14(13)19-2/h3-6,11-12H,7-10,16H2,1-2H3,(H,17,18)/t11-,12-/m0/s1. The summed E-state index contributed by atoms with van der Waals surface area (Å²) in [5, 5.41) is 8.82. The van der Waals surface area contributed by atoms with Crippen LogP contribution in [0.2, 0.25) is 0 Å². The van der Waals surface area contributed by atoms with E-state index in [2.05, 4.69) is 6.92 Å². The molecule has 0 aliphatic heterocycles. The fourth-order valence-electron chi connectivity index (χ4n) is 2.41. The number of ether oxygens (including phenoxy) is 1. The number of hydrogen-bond donors (Lipinski definition) is 2. The fourth-order valence-corrected chi connectivity index (χ4v) is 2.41. The van der Waals surface area contributed by atoms with Gasteiger partial charge >= 0.3 is 5.97 Å². The smallest absolute Gasteiger partial charge is 0.303 e. The second-order valence-corrected chi connectivity index (χ2v) is 5.06. The molecule has 0 saturated carbocycles. The number of hydrogen-bond acceptors (Lipinski definition) is 3. The van der Waals surface area contributed by atoms with E-state index in [1.54, 1.807) is 7.11 Å². The Labute approximate surface area is 114 Å². The minimum absolute atomic E-state index is 0.0437. The number of rotatable bonds is 8. The Kier molecular flexibility index (Phi) is 6.36. The van der Waals surface area contributed by atoms with E-state index in [1.807, 2.05) is 24.3 Å². The number of carboxylic acids is 1. The molecule has 3 N–H and O–H groups in total. The maximum absolute atomic E-state index is 10.7. The molecule has 4 heteroatoms. The van der Waals surface area contributed by atoms with Crippen LogP contribution < -0.4 is 10.5 Å². The average Bonchev–Trinajstić information content (AvgIpc) is 2.38. The molecular formula is C15H23NO3. The quantitative estimate of drug-likeness (QED) is 0.756. The minimum Gasteiger partial charge on any atom is -0.496 e. The predicted octanol–water partition coefficient (Wildman–Crippen LogP) is 2.31. The lowest BCUT2D eigenvalue weighted by molar-refractivity contribution is -0.138. The number of benzene rings is 1. The molecule has 19 heavy (non-hydrogen) atoms. The molecule has 0 bridgehead atoms. The number of carboxylic acid groups (broad SMARTS) is 1. The van der Waals surface area contributed by atoms with Crippen LogP contribution in [-0.2, 0) is 11.2 Å². The molecule has 0 spiro atoms. The molecule has 0 fully saturated rings. The van der Waals surface area contributed by atoms with Gasteiger partial charge in [0, 0.05) is 6.42 Å². The second-order valence-electron chi connectivity index (χ2n) is 5.06. The normalized spacial score (nSPS) is 13.8. The van der Waals surface area contributed by atoms with Gasteiger partial charge in [0.15, 0.2) is 0 Å². The third-order valence-corrected chi connectivity index (χ3v) is 3.29. The fraction of sp³-hybridized carbons (Fsp3) is 0.533. The van der Waals surface area contributed by atoms with Gasteiger partial charge in [-0.05, 0) is 42.9 Å². The Balaban J connectivity index is 2.58. The van der Waals surface area contributed by atoms with Crippen LogP contribution in [0.25, 0.3) is 0 Å². The Morgan fingerprint density at radius 1 is 1.42 bits per heavy atom. The molecule has 0 aliphatic rings. The van der Waals surface area contributed by atoms with Crippen molar-refractivity contribution in [1.82, 2.24) is 0 Å². The summed E-state index contributed by atoms with van der Waals surface area (Å²) >= 11 is 0. The van der Waals surface area contributed by atoms with Gasteiger partial charge in [0.1, 0.15) is 5.75 Å². The first-order chi connectivity index (χ1) is 9.06. The summed E-state index contributed by atoms with van der Waals surface area (Å²) in [6.07, 6.45) is 1.84.